The largest absolute Gasteiger partial charge is 0.497 e. The average molecular weight is 417 g/mol. The van der Waals surface area contributed by atoms with Crippen molar-refractivity contribution in [3.63, 3.8) is 0 Å². The molecule has 0 fully saturated rings. The van der Waals surface area contributed by atoms with Gasteiger partial charge in [-0.2, -0.15) is 0 Å². The van der Waals surface area contributed by atoms with Crippen molar-refractivity contribution in [3.05, 3.63) is 65.7 Å². The molecule has 2 N–H and O–H groups in total. The molecular formula is C23H23N5O3. The smallest absolute Gasteiger partial charge is 0.256 e. The highest BCUT2D eigenvalue weighted by Gasteiger charge is 2.16. The number of aromatic nitrogens is 3. The SMILES string of the molecule is COc1ccc(-c2cc3ncccc3c(NCCNC(=O)c3c(C)noc3C)n2)cc1. The Labute approximate surface area is 179 Å². The molecule has 0 aliphatic heterocycles. The van der Waals surface area contributed by atoms with E-state index in [1.807, 2.05) is 42.5 Å². The minimum absolute atomic E-state index is 0.204. The lowest BCUT2D eigenvalue weighted by atomic mass is 10.1. The maximum absolute atomic E-state index is 12.4. The van der Waals surface area contributed by atoms with E-state index >= 15 is 0 Å². The number of nitrogens with one attached hydrogen (secondary N) is 2. The van der Waals surface area contributed by atoms with Gasteiger partial charge in [-0.1, -0.05) is 5.16 Å². The number of methoxy groups -OCH3 is 1. The van der Waals surface area contributed by atoms with Crippen LogP contribution in [-0.4, -0.2) is 41.2 Å². The number of carbonyl (C=O) groups is 1. The molecule has 158 valence electrons. The molecule has 0 unspecified atom stereocenters. The molecule has 0 radical (unpaired) electrons. The third kappa shape index (κ3) is 4.32. The van der Waals surface area contributed by atoms with Crippen LogP contribution in [0.25, 0.3) is 22.2 Å². The molecular weight excluding hydrogens is 394 g/mol. The second-order valence-electron chi connectivity index (χ2n) is 7.04. The number of benzene rings is 1. The van der Waals surface area contributed by atoms with Crippen LogP contribution in [0.5, 0.6) is 5.75 Å². The van der Waals surface area contributed by atoms with Crippen LogP contribution >= 0.6 is 0 Å². The van der Waals surface area contributed by atoms with Crippen LogP contribution in [0.15, 0.2) is 53.2 Å². The Bertz CT molecular complexity index is 1200. The summed E-state index contributed by atoms with van der Waals surface area (Å²) in [5.74, 6) is 1.80. The first-order chi connectivity index (χ1) is 15.1. The van der Waals surface area contributed by atoms with Gasteiger partial charge in [0, 0.05) is 30.2 Å². The van der Waals surface area contributed by atoms with Crippen molar-refractivity contribution in [2.45, 2.75) is 13.8 Å². The first-order valence-electron chi connectivity index (χ1n) is 9.92. The van der Waals surface area contributed by atoms with Gasteiger partial charge >= 0.3 is 0 Å². The Morgan fingerprint density at radius 3 is 2.65 bits per heavy atom. The van der Waals surface area contributed by atoms with Crippen molar-refractivity contribution >= 4 is 22.6 Å². The van der Waals surface area contributed by atoms with E-state index in [4.69, 9.17) is 14.2 Å². The van der Waals surface area contributed by atoms with Crippen LogP contribution in [0.4, 0.5) is 5.82 Å². The van der Waals surface area contributed by atoms with Gasteiger partial charge in [-0.25, -0.2) is 4.98 Å². The Hall–Kier alpha value is -3.94. The molecule has 0 aliphatic carbocycles. The highest BCUT2D eigenvalue weighted by molar-refractivity contribution is 5.96. The molecule has 4 rings (SSSR count). The first-order valence-corrected chi connectivity index (χ1v) is 9.92. The van der Waals surface area contributed by atoms with E-state index in [1.54, 1.807) is 27.2 Å². The fraction of sp³-hybridized carbons (Fsp3) is 0.217. The van der Waals surface area contributed by atoms with Crippen molar-refractivity contribution < 1.29 is 14.1 Å². The highest BCUT2D eigenvalue weighted by atomic mass is 16.5. The van der Waals surface area contributed by atoms with Crippen molar-refractivity contribution in [2.75, 3.05) is 25.5 Å². The molecule has 8 nitrogen and oxygen atoms in total. The Kier molecular flexibility index (Phi) is 5.79. The molecule has 0 bridgehead atoms. The predicted molar refractivity (Wildman–Crippen MR) is 118 cm³/mol. The fourth-order valence-electron chi connectivity index (χ4n) is 3.37. The highest BCUT2D eigenvalue weighted by Crippen LogP contribution is 2.27. The number of carbonyl (C=O) groups excluding carboxylic acids is 1. The molecule has 0 atom stereocenters. The summed E-state index contributed by atoms with van der Waals surface area (Å²) in [5, 5.41) is 10.9. The standard InChI is InChI=1S/C23H23N5O3/c1-14-21(15(2)31-28-14)23(29)26-12-11-25-22-18-5-4-10-24-20(18)13-19(27-22)16-6-8-17(30-3)9-7-16/h4-10,13H,11-12H2,1-3H3,(H,25,27)(H,26,29). The maximum atomic E-state index is 12.4. The average Bonchev–Trinajstić information content (AvgIpc) is 3.14. The van der Waals surface area contributed by atoms with Gasteiger partial charge in [-0.15, -0.1) is 0 Å². The summed E-state index contributed by atoms with van der Waals surface area (Å²) in [6, 6.07) is 13.5. The lowest BCUT2D eigenvalue weighted by molar-refractivity contribution is 0.0953. The van der Waals surface area contributed by atoms with Crippen LogP contribution in [0, 0.1) is 13.8 Å². The van der Waals surface area contributed by atoms with Crippen LogP contribution < -0.4 is 15.4 Å². The zero-order valence-electron chi connectivity index (χ0n) is 17.6. The summed E-state index contributed by atoms with van der Waals surface area (Å²) in [4.78, 5) is 21.7. The van der Waals surface area contributed by atoms with Crippen LogP contribution in [0.3, 0.4) is 0 Å². The van der Waals surface area contributed by atoms with Gasteiger partial charge in [0.15, 0.2) is 0 Å². The molecule has 0 saturated heterocycles. The zero-order chi connectivity index (χ0) is 21.8. The lowest BCUT2D eigenvalue weighted by Gasteiger charge is -2.12. The van der Waals surface area contributed by atoms with Crippen LogP contribution in [0.2, 0.25) is 0 Å². The molecule has 0 spiro atoms. The van der Waals surface area contributed by atoms with Gasteiger partial charge < -0.3 is 19.9 Å². The lowest BCUT2D eigenvalue weighted by Crippen LogP contribution is -2.29. The summed E-state index contributed by atoms with van der Waals surface area (Å²) in [6.07, 6.45) is 1.76. The predicted octanol–water partition coefficient (Wildman–Crippen LogP) is 3.75. The normalized spacial score (nSPS) is 10.8. The van der Waals surface area contributed by atoms with Gasteiger partial charge in [-0.3, -0.25) is 9.78 Å². The van der Waals surface area contributed by atoms with Gasteiger partial charge in [0.2, 0.25) is 0 Å². The van der Waals surface area contributed by atoms with E-state index < -0.39 is 0 Å². The minimum atomic E-state index is -0.204. The summed E-state index contributed by atoms with van der Waals surface area (Å²) in [7, 11) is 1.64. The number of amides is 1. The number of rotatable bonds is 7. The topological polar surface area (TPSA) is 102 Å². The maximum Gasteiger partial charge on any atom is 0.256 e. The number of aryl methyl sites for hydroxylation is 2. The van der Waals surface area contributed by atoms with Crippen molar-refractivity contribution in [1.82, 2.24) is 20.4 Å². The second kappa shape index (κ2) is 8.83. The number of hydrogen-bond acceptors (Lipinski definition) is 7. The number of ether oxygens (including phenoxy) is 1. The van der Waals surface area contributed by atoms with E-state index in [1.165, 1.54) is 0 Å². The second-order valence-corrected chi connectivity index (χ2v) is 7.04. The van der Waals surface area contributed by atoms with E-state index in [0.29, 0.717) is 35.9 Å². The first kappa shape index (κ1) is 20.3. The van der Waals surface area contributed by atoms with Crippen molar-refractivity contribution in [1.29, 1.82) is 0 Å². The Balaban J connectivity index is 1.50. The molecule has 3 heterocycles. The summed E-state index contributed by atoms with van der Waals surface area (Å²) < 4.78 is 10.3. The van der Waals surface area contributed by atoms with E-state index in [0.717, 1.165) is 27.9 Å². The minimum Gasteiger partial charge on any atom is -0.497 e. The Morgan fingerprint density at radius 2 is 1.94 bits per heavy atom. The van der Waals surface area contributed by atoms with E-state index in [2.05, 4.69) is 20.8 Å². The van der Waals surface area contributed by atoms with Gasteiger partial charge in [-0.05, 0) is 56.3 Å². The molecule has 8 heteroatoms. The quantitative estimate of drug-likeness (QED) is 0.442. The third-order valence-corrected chi connectivity index (χ3v) is 4.95. The molecule has 0 aliphatic rings. The zero-order valence-corrected chi connectivity index (χ0v) is 17.6. The summed E-state index contributed by atoms with van der Waals surface area (Å²) in [6.45, 7) is 4.38. The molecule has 31 heavy (non-hydrogen) atoms. The van der Waals surface area contributed by atoms with Gasteiger partial charge in [0.05, 0.1) is 24.0 Å². The number of nitrogens with zero attached hydrogens (tertiary/aromatic N) is 3. The van der Waals surface area contributed by atoms with E-state index in [9.17, 15) is 4.79 Å². The van der Waals surface area contributed by atoms with E-state index in [-0.39, 0.29) is 5.91 Å². The molecule has 0 saturated carbocycles. The van der Waals surface area contributed by atoms with Crippen molar-refractivity contribution in [2.24, 2.45) is 0 Å². The number of pyridine rings is 2. The van der Waals surface area contributed by atoms with Crippen LogP contribution in [0.1, 0.15) is 21.8 Å². The molecule has 3 aromatic heterocycles. The number of fused-ring (bicyclic) bond motifs is 1. The summed E-state index contributed by atoms with van der Waals surface area (Å²) >= 11 is 0. The fourth-order valence-corrected chi connectivity index (χ4v) is 3.37. The molecule has 1 amide bonds. The van der Waals surface area contributed by atoms with Crippen molar-refractivity contribution in [3.8, 4) is 17.0 Å². The Morgan fingerprint density at radius 1 is 1.13 bits per heavy atom. The number of anilines is 1. The monoisotopic (exact) mass is 417 g/mol. The van der Waals surface area contributed by atoms with Crippen LogP contribution in [-0.2, 0) is 0 Å². The molecule has 1 aromatic carbocycles. The van der Waals surface area contributed by atoms with Gasteiger partial charge in [0.25, 0.3) is 5.91 Å². The molecule has 4 aromatic rings. The summed E-state index contributed by atoms with van der Waals surface area (Å²) in [5.41, 5.74) is 3.66. The third-order valence-electron chi connectivity index (χ3n) is 4.95. The number of hydrogen-bond donors (Lipinski definition) is 2. The van der Waals surface area contributed by atoms with Gasteiger partial charge in [0.1, 0.15) is 22.9 Å².